The zero-order valence-corrected chi connectivity index (χ0v) is 15.0. The van der Waals surface area contributed by atoms with Crippen molar-refractivity contribution in [3.05, 3.63) is 83.8 Å². The molecule has 1 amide bonds. The Balaban J connectivity index is 1.55. The molecule has 0 aliphatic carbocycles. The Morgan fingerprint density at radius 1 is 1.04 bits per heavy atom. The van der Waals surface area contributed by atoms with Crippen molar-refractivity contribution < 1.29 is 19.1 Å². The van der Waals surface area contributed by atoms with Crippen molar-refractivity contribution in [3.63, 3.8) is 0 Å². The van der Waals surface area contributed by atoms with Crippen LogP contribution in [0.1, 0.15) is 29.7 Å². The van der Waals surface area contributed by atoms with Crippen molar-refractivity contribution >= 4 is 5.91 Å². The highest BCUT2D eigenvalue weighted by molar-refractivity contribution is 5.89. The predicted molar refractivity (Wildman–Crippen MR) is 101 cm³/mol. The topological polar surface area (TPSA) is 71.7 Å². The largest absolute Gasteiger partial charge is 0.469 e. The summed E-state index contributed by atoms with van der Waals surface area (Å²) in [6.45, 7) is 1.80. The summed E-state index contributed by atoms with van der Waals surface area (Å²) in [5.41, 5.74) is 0.524. The van der Waals surface area contributed by atoms with Gasteiger partial charge in [-0.2, -0.15) is 0 Å². The van der Waals surface area contributed by atoms with Gasteiger partial charge in [-0.1, -0.05) is 36.4 Å². The standard InChI is InChI=1S/C22H21NO4/c1-22(25,13-15-7-6-12-26-15)14-23-21(24)20-16-8-2-4-10-18(16)27-19-11-5-3-9-17(19)20/h2-12,20,25H,13-14H2,1H3,(H,23,24). The summed E-state index contributed by atoms with van der Waals surface area (Å²) < 4.78 is 11.2. The van der Waals surface area contributed by atoms with Crippen LogP contribution in [0.15, 0.2) is 71.3 Å². The predicted octanol–water partition coefficient (Wildman–Crippen LogP) is 3.63. The Kier molecular flexibility index (Phi) is 4.46. The lowest BCUT2D eigenvalue weighted by atomic mass is 9.87. The van der Waals surface area contributed by atoms with Crippen LogP contribution in [0.4, 0.5) is 0 Å². The summed E-state index contributed by atoms with van der Waals surface area (Å²) in [6.07, 6.45) is 1.89. The van der Waals surface area contributed by atoms with E-state index in [1.807, 2.05) is 48.5 Å². The van der Waals surface area contributed by atoms with Crippen LogP contribution in [-0.2, 0) is 11.2 Å². The fourth-order valence-corrected chi connectivity index (χ4v) is 3.42. The number of amides is 1. The number of carbonyl (C=O) groups is 1. The number of rotatable bonds is 5. The average molecular weight is 363 g/mol. The number of furan rings is 1. The first kappa shape index (κ1) is 17.4. The molecule has 0 spiro atoms. The van der Waals surface area contributed by atoms with Gasteiger partial charge in [0, 0.05) is 24.1 Å². The lowest BCUT2D eigenvalue weighted by Crippen LogP contribution is -2.44. The zero-order chi connectivity index (χ0) is 18.9. The molecule has 3 aromatic rings. The number of carbonyl (C=O) groups excluding carboxylic acids is 1. The molecule has 0 saturated carbocycles. The number of fused-ring (bicyclic) bond motifs is 2. The molecule has 27 heavy (non-hydrogen) atoms. The van der Waals surface area contributed by atoms with Crippen molar-refractivity contribution in [1.82, 2.24) is 5.32 Å². The first-order valence-electron chi connectivity index (χ1n) is 8.92. The second-order valence-corrected chi connectivity index (χ2v) is 7.08. The molecule has 0 fully saturated rings. The van der Waals surface area contributed by atoms with Gasteiger partial charge >= 0.3 is 0 Å². The van der Waals surface area contributed by atoms with E-state index in [2.05, 4.69) is 5.32 Å². The number of aliphatic hydroxyl groups is 1. The van der Waals surface area contributed by atoms with E-state index < -0.39 is 11.5 Å². The summed E-state index contributed by atoms with van der Waals surface area (Å²) in [6, 6.07) is 18.7. The molecule has 1 aromatic heterocycles. The van der Waals surface area contributed by atoms with Gasteiger partial charge < -0.3 is 19.6 Å². The minimum atomic E-state index is -1.11. The highest BCUT2D eigenvalue weighted by Gasteiger charge is 2.33. The number of para-hydroxylation sites is 2. The SMILES string of the molecule is CC(O)(CNC(=O)C1c2ccccc2Oc2ccccc21)Cc1ccco1. The average Bonchev–Trinajstić information content (AvgIpc) is 3.16. The molecule has 1 aliphatic rings. The molecular weight excluding hydrogens is 342 g/mol. The molecule has 0 saturated heterocycles. The van der Waals surface area contributed by atoms with Crippen LogP contribution < -0.4 is 10.1 Å². The molecule has 4 rings (SSSR count). The monoisotopic (exact) mass is 363 g/mol. The Hall–Kier alpha value is -3.05. The van der Waals surface area contributed by atoms with Gasteiger partial charge in [0.05, 0.1) is 17.8 Å². The van der Waals surface area contributed by atoms with E-state index in [4.69, 9.17) is 9.15 Å². The second-order valence-electron chi connectivity index (χ2n) is 7.08. The van der Waals surface area contributed by atoms with Gasteiger partial charge in [0.15, 0.2) is 0 Å². The number of ether oxygens (including phenoxy) is 1. The minimum Gasteiger partial charge on any atom is -0.469 e. The summed E-state index contributed by atoms with van der Waals surface area (Å²) >= 11 is 0. The molecule has 1 unspecified atom stereocenters. The fraction of sp³-hybridized carbons (Fsp3) is 0.227. The maximum absolute atomic E-state index is 13.1. The van der Waals surface area contributed by atoms with E-state index in [9.17, 15) is 9.90 Å². The van der Waals surface area contributed by atoms with Crippen LogP contribution in [0, 0.1) is 0 Å². The van der Waals surface area contributed by atoms with E-state index in [1.54, 1.807) is 25.3 Å². The van der Waals surface area contributed by atoms with Gasteiger partial charge in [0.2, 0.25) is 5.91 Å². The van der Waals surface area contributed by atoms with Gasteiger partial charge in [-0.05, 0) is 31.2 Å². The fourth-order valence-electron chi connectivity index (χ4n) is 3.42. The normalized spacial score (nSPS) is 15.2. The van der Waals surface area contributed by atoms with Gasteiger partial charge in [-0.3, -0.25) is 4.79 Å². The van der Waals surface area contributed by atoms with Crippen LogP contribution in [0.2, 0.25) is 0 Å². The second kappa shape index (κ2) is 6.93. The van der Waals surface area contributed by atoms with Crippen molar-refractivity contribution in [2.24, 2.45) is 0 Å². The van der Waals surface area contributed by atoms with E-state index in [0.29, 0.717) is 23.7 Å². The Morgan fingerprint density at radius 2 is 1.67 bits per heavy atom. The maximum Gasteiger partial charge on any atom is 0.232 e. The molecule has 2 N–H and O–H groups in total. The van der Waals surface area contributed by atoms with E-state index in [1.165, 1.54) is 0 Å². The van der Waals surface area contributed by atoms with Crippen LogP contribution >= 0.6 is 0 Å². The smallest absolute Gasteiger partial charge is 0.232 e. The van der Waals surface area contributed by atoms with Crippen molar-refractivity contribution in [2.45, 2.75) is 24.9 Å². The van der Waals surface area contributed by atoms with Crippen molar-refractivity contribution in [1.29, 1.82) is 0 Å². The summed E-state index contributed by atoms with van der Waals surface area (Å²) in [7, 11) is 0. The third-order valence-electron chi connectivity index (χ3n) is 4.72. The van der Waals surface area contributed by atoms with E-state index in [-0.39, 0.29) is 12.5 Å². The van der Waals surface area contributed by atoms with Crippen molar-refractivity contribution in [3.8, 4) is 11.5 Å². The van der Waals surface area contributed by atoms with E-state index in [0.717, 1.165) is 11.1 Å². The molecule has 1 aliphatic heterocycles. The Bertz CT molecular complexity index is 901. The first-order valence-corrected chi connectivity index (χ1v) is 8.92. The highest BCUT2D eigenvalue weighted by Crippen LogP contribution is 2.43. The van der Waals surface area contributed by atoms with Gasteiger partial charge in [0.1, 0.15) is 17.3 Å². The molecular formula is C22H21NO4. The molecule has 5 nitrogen and oxygen atoms in total. The van der Waals surface area contributed by atoms with Gasteiger partial charge in [0.25, 0.3) is 0 Å². The quantitative estimate of drug-likeness (QED) is 0.726. The summed E-state index contributed by atoms with van der Waals surface area (Å²) in [5.74, 6) is 1.39. The third-order valence-corrected chi connectivity index (χ3v) is 4.72. The Labute approximate surface area is 157 Å². The first-order chi connectivity index (χ1) is 13.0. The molecule has 0 radical (unpaired) electrons. The number of hydrogen-bond donors (Lipinski definition) is 2. The summed E-state index contributed by atoms with van der Waals surface area (Å²) in [5, 5.41) is 13.5. The lowest BCUT2D eigenvalue weighted by molar-refractivity contribution is -0.123. The molecule has 2 aromatic carbocycles. The summed E-state index contributed by atoms with van der Waals surface area (Å²) in [4.78, 5) is 13.1. The van der Waals surface area contributed by atoms with Crippen LogP contribution in [0.5, 0.6) is 11.5 Å². The molecule has 5 heteroatoms. The van der Waals surface area contributed by atoms with Crippen molar-refractivity contribution in [2.75, 3.05) is 6.54 Å². The molecule has 2 heterocycles. The molecule has 138 valence electrons. The Morgan fingerprint density at radius 3 is 2.26 bits per heavy atom. The molecule has 1 atom stereocenters. The highest BCUT2D eigenvalue weighted by atomic mass is 16.5. The van der Waals surface area contributed by atoms with Crippen LogP contribution in [-0.4, -0.2) is 23.2 Å². The van der Waals surface area contributed by atoms with Gasteiger partial charge in [-0.15, -0.1) is 0 Å². The number of nitrogens with one attached hydrogen (secondary N) is 1. The minimum absolute atomic E-state index is 0.119. The van der Waals surface area contributed by atoms with Crippen LogP contribution in [0.25, 0.3) is 0 Å². The molecule has 0 bridgehead atoms. The van der Waals surface area contributed by atoms with Crippen LogP contribution in [0.3, 0.4) is 0 Å². The van der Waals surface area contributed by atoms with E-state index >= 15 is 0 Å². The van der Waals surface area contributed by atoms with Gasteiger partial charge in [-0.25, -0.2) is 0 Å². The zero-order valence-electron chi connectivity index (χ0n) is 15.0. The number of benzene rings is 2. The third kappa shape index (κ3) is 3.59. The number of hydrogen-bond acceptors (Lipinski definition) is 4. The maximum atomic E-state index is 13.1. The lowest BCUT2D eigenvalue weighted by Gasteiger charge is -2.29.